The van der Waals surface area contributed by atoms with E-state index < -0.39 is 16.8 Å². The maximum Gasteiger partial charge on any atom is 0.195 e. The fourth-order valence-electron chi connectivity index (χ4n) is 2.97. The molecule has 136 valence electrons. The largest absolute Gasteiger partial charge is 0.323 e. The van der Waals surface area contributed by atoms with Gasteiger partial charge in [0, 0.05) is 0 Å². The summed E-state index contributed by atoms with van der Waals surface area (Å²) in [7, 11) is -2.66. The zero-order valence-electron chi connectivity index (χ0n) is 17.3. The molecule has 0 aliphatic heterocycles. The van der Waals surface area contributed by atoms with E-state index in [2.05, 4.69) is 102 Å². The normalized spacial score (nSPS) is 13.1. The molecule has 0 saturated heterocycles. The molecule has 0 unspecified atom stereocenters. The van der Waals surface area contributed by atoms with E-state index in [1.54, 1.807) is 0 Å². The number of nitrogens with one attached hydrogen (secondary N) is 4. The Morgan fingerprint density at radius 2 is 0.545 bits per heavy atom. The molecule has 0 aliphatic rings. The van der Waals surface area contributed by atoms with Crippen molar-refractivity contribution < 1.29 is 0 Å². The number of rotatable bonds is 8. The van der Waals surface area contributed by atoms with Crippen molar-refractivity contribution in [2.75, 3.05) is 0 Å². The van der Waals surface area contributed by atoms with Crippen LogP contribution in [-0.4, -0.2) is 41.0 Å². The van der Waals surface area contributed by atoms with Crippen molar-refractivity contribution in [1.82, 2.24) is 19.9 Å². The topological polar surface area (TPSA) is 48.1 Å². The van der Waals surface area contributed by atoms with E-state index in [0.29, 0.717) is 24.2 Å². The average Bonchev–Trinajstić information content (AvgIpc) is 2.06. The Kier molecular flexibility index (Phi) is 12.2. The third-order valence-corrected chi connectivity index (χ3v) is 7.79. The molecule has 0 aromatic rings. The quantitative estimate of drug-likeness (QED) is 0.508. The highest BCUT2D eigenvalue weighted by atomic mass is 28.4. The molecule has 22 heavy (non-hydrogen) atoms. The van der Waals surface area contributed by atoms with Crippen LogP contribution in [0, 0.1) is 0 Å². The van der Waals surface area contributed by atoms with Gasteiger partial charge in [-0.3, -0.25) is 0 Å². The first-order valence-corrected chi connectivity index (χ1v) is 14.8. The summed E-state index contributed by atoms with van der Waals surface area (Å²) in [6.45, 7) is 26.7. The van der Waals surface area contributed by atoms with Crippen molar-refractivity contribution in [2.45, 2.75) is 106 Å². The molecule has 0 fully saturated rings. The van der Waals surface area contributed by atoms with Gasteiger partial charge in [0.05, 0.1) is 0 Å². The van der Waals surface area contributed by atoms with Crippen LogP contribution in [0.2, 0.25) is 26.2 Å². The molecule has 0 spiro atoms. The summed E-state index contributed by atoms with van der Waals surface area (Å²) in [4.78, 5) is 14.3. The zero-order valence-corrected chi connectivity index (χ0v) is 19.3. The van der Waals surface area contributed by atoms with Crippen LogP contribution in [0.15, 0.2) is 0 Å². The van der Waals surface area contributed by atoms with E-state index in [4.69, 9.17) is 0 Å². The maximum atomic E-state index is 3.58. The molecular formula is C16H44N4Si2. The molecule has 0 aliphatic carbocycles. The Morgan fingerprint density at radius 3 is 0.636 bits per heavy atom. The number of hydrogen-bond donors (Lipinski definition) is 4. The van der Waals surface area contributed by atoms with Gasteiger partial charge in [0.15, 0.2) is 16.8 Å². The van der Waals surface area contributed by atoms with Crippen LogP contribution in [0.5, 0.6) is 0 Å². The summed E-state index contributed by atoms with van der Waals surface area (Å²) >= 11 is 0. The third kappa shape index (κ3) is 18.3. The van der Waals surface area contributed by atoms with Crippen molar-refractivity contribution in [1.29, 1.82) is 0 Å². The van der Waals surface area contributed by atoms with E-state index in [1.165, 1.54) is 0 Å². The number of hydrogen-bond acceptors (Lipinski definition) is 4. The van der Waals surface area contributed by atoms with Gasteiger partial charge in [-0.2, -0.15) is 0 Å². The SMILES string of the molecule is CC(C)N[Si](C)(C)NC(C)C.CC(C)N[Si](C)(C)NC(C)C. The van der Waals surface area contributed by atoms with Crippen LogP contribution in [0.1, 0.15) is 55.4 Å². The Labute approximate surface area is 143 Å². The predicted molar refractivity (Wildman–Crippen MR) is 108 cm³/mol. The summed E-state index contributed by atoms with van der Waals surface area (Å²) in [5.74, 6) is 0. The van der Waals surface area contributed by atoms with Crippen LogP contribution < -0.4 is 19.9 Å². The highest BCUT2D eigenvalue weighted by molar-refractivity contribution is 6.72. The first-order chi connectivity index (χ1) is 9.67. The van der Waals surface area contributed by atoms with Gasteiger partial charge in [-0.05, 0) is 50.4 Å². The van der Waals surface area contributed by atoms with E-state index in [9.17, 15) is 0 Å². The van der Waals surface area contributed by atoms with Crippen molar-refractivity contribution in [2.24, 2.45) is 0 Å². The molecule has 0 amide bonds. The minimum atomic E-state index is -1.33. The van der Waals surface area contributed by atoms with E-state index in [-0.39, 0.29) is 0 Å². The molecule has 0 aromatic heterocycles. The summed E-state index contributed by atoms with van der Waals surface area (Å²) in [5, 5.41) is 0. The first-order valence-electron chi connectivity index (χ1n) is 8.77. The lowest BCUT2D eigenvalue weighted by Gasteiger charge is -2.29. The molecular weight excluding hydrogens is 304 g/mol. The summed E-state index contributed by atoms with van der Waals surface area (Å²) in [6, 6.07) is 2.34. The molecule has 6 heteroatoms. The lowest BCUT2D eigenvalue weighted by atomic mass is 10.4. The lowest BCUT2D eigenvalue weighted by molar-refractivity contribution is 0.665. The van der Waals surface area contributed by atoms with Crippen LogP contribution in [0.3, 0.4) is 0 Å². The van der Waals surface area contributed by atoms with Crippen molar-refractivity contribution in [3.63, 3.8) is 0 Å². The van der Waals surface area contributed by atoms with Crippen LogP contribution in [0.25, 0.3) is 0 Å². The predicted octanol–water partition coefficient (Wildman–Crippen LogP) is 3.37. The highest BCUT2D eigenvalue weighted by Crippen LogP contribution is 1.96. The van der Waals surface area contributed by atoms with Gasteiger partial charge in [0.25, 0.3) is 0 Å². The second kappa shape index (κ2) is 10.9. The molecule has 0 bridgehead atoms. The fraction of sp³-hybridized carbons (Fsp3) is 1.00. The van der Waals surface area contributed by atoms with Gasteiger partial charge in [-0.25, -0.2) is 0 Å². The third-order valence-electron chi connectivity index (χ3n) is 2.60. The Hall–Kier alpha value is 0.274. The lowest BCUT2D eigenvalue weighted by Crippen LogP contribution is -2.61. The standard InChI is InChI=1S/2C8H22N2Si/c2*1-7(2)9-11(5,6)10-8(3)4/h2*7-10H,1-6H3. The van der Waals surface area contributed by atoms with Gasteiger partial charge in [-0.1, -0.05) is 55.4 Å². The summed E-state index contributed by atoms with van der Waals surface area (Å²) < 4.78 is 0. The van der Waals surface area contributed by atoms with Gasteiger partial charge in [0.1, 0.15) is 0 Å². The van der Waals surface area contributed by atoms with Crippen molar-refractivity contribution in [3.05, 3.63) is 0 Å². The molecule has 0 heterocycles. The molecule has 0 radical (unpaired) electrons. The zero-order chi connectivity index (χ0) is 18.1. The molecule has 0 rings (SSSR count). The van der Waals surface area contributed by atoms with Gasteiger partial charge in [0.2, 0.25) is 0 Å². The molecule has 4 nitrogen and oxygen atoms in total. The van der Waals surface area contributed by atoms with Crippen LogP contribution >= 0.6 is 0 Å². The summed E-state index contributed by atoms with van der Waals surface area (Å²) in [6.07, 6.45) is 0. The van der Waals surface area contributed by atoms with Crippen LogP contribution in [-0.2, 0) is 0 Å². The van der Waals surface area contributed by atoms with Gasteiger partial charge < -0.3 is 19.9 Å². The summed E-state index contributed by atoms with van der Waals surface area (Å²) in [5.41, 5.74) is 0. The molecule has 0 saturated carbocycles. The van der Waals surface area contributed by atoms with Gasteiger partial charge >= 0.3 is 0 Å². The van der Waals surface area contributed by atoms with E-state index in [1.807, 2.05) is 0 Å². The monoisotopic (exact) mass is 348 g/mol. The Morgan fingerprint density at radius 1 is 0.409 bits per heavy atom. The van der Waals surface area contributed by atoms with Crippen molar-refractivity contribution >= 4 is 16.8 Å². The first kappa shape index (κ1) is 24.5. The minimum absolute atomic E-state index is 0.586. The van der Waals surface area contributed by atoms with Crippen LogP contribution in [0.4, 0.5) is 0 Å². The minimum Gasteiger partial charge on any atom is -0.323 e. The molecule has 4 N–H and O–H groups in total. The van der Waals surface area contributed by atoms with E-state index >= 15 is 0 Å². The smallest absolute Gasteiger partial charge is 0.195 e. The second-order valence-electron chi connectivity index (χ2n) is 8.45. The highest BCUT2D eigenvalue weighted by Gasteiger charge is 2.22. The molecule has 0 aromatic carbocycles. The Bertz CT molecular complexity index is 225. The Balaban J connectivity index is 0. The molecule has 0 atom stereocenters. The maximum absolute atomic E-state index is 3.58. The fourth-order valence-corrected chi connectivity index (χ4v) is 8.91. The van der Waals surface area contributed by atoms with Gasteiger partial charge in [-0.15, -0.1) is 0 Å². The average molecular weight is 349 g/mol. The second-order valence-corrected chi connectivity index (χ2v) is 16.1. The van der Waals surface area contributed by atoms with Crippen molar-refractivity contribution in [3.8, 4) is 0 Å². The van der Waals surface area contributed by atoms with E-state index in [0.717, 1.165) is 0 Å².